The molecule has 1 N–H and O–H groups in total. The molecule has 0 bridgehead atoms. The van der Waals surface area contributed by atoms with Crippen molar-refractivity contribution in [3.05, 3.63) is 77.8 Å². The summed E-state index contributed by atoms with van der Waals surface area (Å²) in [7, 11) is 0. The zero-order chi connectivity index (χ0) is 21.6. The number of nitrogens with zero attached hydrogens (tertiary/aromatic N) is 1. The quantitative estimate of drug-likeness (QED) is 0.534. The van der Waals surface area contributed by atoms with Gasteiger partial charge in [0.15, 0.2) is 11.7 Å². The number of rotatable bonds is 7. The Balaban J connectivity index is 1.20. The third kappa shape index (κ3) is 5.57. The molecule has 6 heteroatoms. The number of hydrogen-bond acceptors (Lipinski definition) is 3. The first-order chi connectivity index (χ1) is 15.1. The Kier molecular flexibility index (Phi) is 6.75. The average Bonchev–Trinajstić information content (AvgIpc) is 3.26. The molecule has 0 aliphatic heterocycles. The van der Waals surface area contributed by atoms with E-state index in [1.54, 1.807) is 0 Å². The number of halogens is 2. The molecule has 1 fully saturated rings. The first-order valence-corrected chi connectivity index (χ1v) is 10.8. The van der Waals surface area contributed by atoms with Crippen LogP contribution in [-0.2, 0) is 11.2 Å². The van der Waals surface area contributed by atoms with Crippen molar-refractivity contribution in [2.75, 3.05) is 6.54 Å². The van der Waals surface area contributed by atoms with Gasteiger partial charge in [0.05, 0.1) is 11.8 Å². The summed E-state index contributed by atoms with van der Waals surface area (Å²) in [4.78, 5) is 16.3. The first kappa shape index (κ1) is 21.2. The van der Waals surface area contributed by atoms with Gasteiger partial charge >= 0.3 is 0 Å². The van der Waals surface area contributed by atoms with Crippen LogP contribution >= 0.6 is 0 Å². The Morgan fingerprint density at radius 3 is 2.58 bits per heavy atom. The molecule has 1 aromatic heterocycles. The molecule has 2 aromatic carbocycles. The van der Waals surface area contributed by atoms with Crippen molar-refractivity contribution in [3.63, 3.8) is 0 Å². The zero-order valence-electron chi connectivity index (χ0n) is 17.3. The summed E-state index contributed by atoms with van der Waals surface area (Å²) in [6.45, 7) is 0.692. The summed E-state index contributed by atoms with van der Waals surface area (Å²) in [6, 6.07) is 13.9. The molecule has 3 aromatic rings. The monoisotopic (exact) mass is 424 g/mol. The number of aromatic nitrogens is 1. The lowest BCUT2D eigenvalue weighted by Gasteiger charge is -2.29. The highest BCUT2D eigenvalue weighted by Crippen LogP contribution is 2.35. The van der Waals surface area contributed by atoms with Gasteiger partial charge in [-0.1, -0.05) is 30.3 Å². The molecular weight excluding hydrogens is 398 g/mol. The van der Waals surface area contributed by atoms with Crippen LogP contribution in [0, 0.1) is 17.6 Å². The van der Waals surface area contributed by atoms with Crippen molar-refractivity contribution >= 4 is 5.91 Å². The predicted molar refractivity (Wildman–Crippen MR) is 114 cm³/mol. The lowest BCUT2D eigenvalue weighted by molar-refractivity contribution is -0.121. The summed E-state index contributed by atoms with van der Waals surface area (Å²) in [5.74, 6) is 0.323. The highest BCUT2D eigenvalue weighted by Gasteiger charge is 2.22. The number of oxazole rings is 1. The number of nitrogens with one attached hydrogen (secondary N) is 1. The van der Waals surface area contributed by atoms with E-state index in [-0.39, 0.29) is 23.7 Å². The van der Waals surface area contributed by atoms with E-state index in [4.69, 9.17) is 4.42 Å². The zero-order valence-corrected chi connectivity index (χ0v) is 17.3. The van der Waals surface area contributed by atoms with E-state index < -0.39 is 11.6 Å². The molecule has 1 heterocycles. The van der Waals surface area contributed by atoms with E-state index >= 15 is 0 Å². The molecule has 1 aliphatic carbocycles. The van der Waals surface area contributed by atoms with Crippen LogP contribution < -0.4 is 5.32 Å². The van der Waals surface area contributed by atoms with Crippen molar-refractivity contribution in [1.82, 2.24) is 10.3 Å². The van der Waals surface area contributed by atoms with E-state index in [9.17, 15) is 13.6 Å². The molecule has 0 saturated heterocycles. The average molecular weight is 424 g/mol. The van der Waals surface area contributed by atoms with Gasteiger partial charge in [0.2, 0.25) is 5.91 Å². The fraction of sp³-hybridized carbons (Fsp3) is 0.360. The number of aryl methyl sites for hydroxylation is 1. The van der Waals surface area contributed by atoms with Gasteiger partial charge in [-0.3, -0.25) is 4.79 Å². The van der Waals surface area contributed by atoms with E-state index in [1.165, 1.54) is 23.9 Å². The van der Waals surface area contributed by atoms with Crippen molar-refractivity contribution in [1.29, 1.82) is 0 Å². The summed E-state index contributed by atoms with van der Waals surface area (Å²) in [5, 5.41) is 3.02. The third-order valence-corrected chi connectivity index (χ3v) is 6.02. The number of amides is 1. The van der Waals surface area contributed by atoms with Crippen LogP contribution in [0.3, 0.4) is 0 Å². The molecule has 0 radical (unpaired) electrons. The number of benzene rings is 2. The predicted octanol–water partition coefficient (Wildman–Crippen LogP) is 5.64. The maximum atomic E-state index is 13.9. The molecule has 1 saturated carbocycles. The molecule has 4 rings (SSSR count). The van der Waals surface area contributed by atoms with Gasteiger partial charge in [0.1, 0.15) is 11.6 Å². The third-order valence-electron chi connectivity index (χ3n) is 6.02. The van der Waals surface area contributed by atoms with E-state index in [0.717, 1.165) is 31.7 Å². The Morgan fingerprint density at radius 1 is 1.06 bits per heavy atom. The van der Waals surface area contributed by atoms with Gasteiger partial charge in [-0.05, 0) is 55.2 Å². The van der Waals surface area contributed by atoms with Crippen LogP contribution in [0.25, 0.3) is 11.3 Å². The molecule has 0 spiro atoms. The molecule has 1 aliphatic rings. The van der Waals surface area contributed by atoms with Gasteiger partial charge in [-0.2, -0.15) is 0 Å². The Hall–Kier alpha value is -3.02. The molecule has 1 amide bonds. The van der Waals surface area contributed by atoms with Crippen LogP contribution in [0.15, 0.2) is 59.1 Å². The fourth-order valence-electron chi connectivity index (χ4n) is 4.23. The maximum absolute atomic E-state index is 13.9. The van der Waals surface area contributed by atoms with E-state index in [2.05, 4.69) is 34.6 Å². The van der Waals surface area contributed by atoms with Crippen molar-refractivity contribution in [2.24, 2.45) is 5.92 Å². The minimum atomic E-state index is -0.706. The van der Waals surface area contributed by atoms with E-state index in [1.807, 2.05) is 6.07 Å². The lowest BCUT2D eigenvalue weighted by Crippen LogP contribution is -2.31. The highest BCUT2D eigenvalue weighted by molar-refractivity contribution is 5.76. The summed E-state index contributed by atoms with van der Waals surface area (Å²) >= 11 is 0. The Bertz CT molecular complexity index is 1010. The molecule has 0 atom stereocenters. The fourth-order valence-corrected chi connectivity index (χ4v) is 4.23. The van der Waals surface area contributed by atoms with Gasteiger partial charge < -0.3 is 9.73 Å². The number of hydrogen-bond donors (Lipinski definition) is 1. The second-order valence-electron chi connectivity index (χ2n) is 8.17. The normalized spacial score (nSPS) is 18.6. The van der Waals surface area contributed by atoms with Crippen molar-refractivity contribution in [3.8, 4) is 11.3 Å². The van der Waals surface area contributed by atoms with Crippen molar-refractivity contribution < 1.29 is 18.0 Å². The Morgan fingerprint density at radius 2 is 1.84 bits per heavy atom. The number of carbonyl (C=O) groups is 1. The highest BCUT2D eigenvalue weighted by atomic mass is 19.1. The summed E-state index contributed by atoms with van der Waals surface area (Å²) < 4.78 is 32.5. The molecule has 0 unspecified atom stereocenters. The van der Waals surface area contributed by atoms with Crippen molar-refractivity contribution in [2.45, 2.75) is 44.4 Å². The molecule has 31 heavy (non-hydrogen) atoms. The van der Waals surface area contributed by atoms with Gasteiger partial charge in [-0.15, -0.1) is 0 Å². The molecule has 4 nitrogen and oxygen atoms in total. The SMILES string of the molecule is O=C(CCc1ncc(-c2ccc(F)cc2F)o1)NCC1CCC(c2ccccc2)CC1. The second-order valence-corrected chi connectivity index (χ2v) is 8.17. The van der Waals surface area contributed by atoms with Crippen LogP contribution in [-0.4, -0.2) is 17.4 Å². The van der Waals surface area contributed by atoms with E-state index in [0.29, 0.717) is 30.7 Å². The van der Waals surface area contributed by atoms with Gasteiger partial charge in [0.25, 0.3) is 0 Å². The van der Waals surface area contributed by atoms with Crippen LogP contribution in [0.5, 0.6) is 0 Å². The van der Waals surface area contributed by atoms with Crippen LogP contribution in [0.2, 0.25) is 0 Å². The Labute approximate surface area is 180 Å². The molecular formula is C25H26F2N2O2. The smallest absolute Gasteiger partial charge is 0.220 e. The van der Waals surface area contributed by atoms with Crippen LogP contribution in [0.1, 0.15) is 49.5 Å². The van der Waals surface area contributed by atoms with Gasteiger partial charge in [0, 0.05) is 25.5 Å². The first-order valence-electron chi connectivity index (χ1n) is 10.8. The summed E-state index contributed by atoms with van der Waals surface area (Å²) in [5.41, 5.74) is 1.56. The minimum absolute atomic E-state index is 0.0436. The second kappa shape index (κ2) is 9.86. The maximum Gasteiger partial charge on any atom is 0.220 e. The topological polar surface area (TPSA) is 55.1 Å². The standard InChI is InChI=1S/C25H26F2N2O2/c26-20-10-11-21(22(27)14-20)23-16-29-25(31-23)13-12-24(30)28-15-17-6-8-19(9-7-17)18-4-2-1-3-5-18/h1-5,10-11,14,16-17,19H,6-9,12-13,15H2,(H,28,30). The lowest BCUT2D eigenvalue weighted by atomic mass is 9.79. The van der Waals surface area contributed by atoms with Gasteiger partial charge in [-0.25, -0.2) is 13.8 Å². The molecule has 162 valence electrons. The largest absolute Gasteiger partial charge is 0.441 e. The number of carbonyl (C=O) groups excluding carboxylic acids is 1. The van der Waals surface area contributed by atoms with Crippen LogP contribution in [0.4, 0.5) is 8.78 Å². The summed E-state index contributed by atoms with van der Waals surface area (Å²) in [6.07, 6.45) is 6.53. The minimum Gasteiger partial charge on any atom is -0.441 e.